The van der Waals surface area contributed by atoms with Gasteiger partial charge in [0, 0.05) is 22.1 Å². The minimum Gasteiger partial charge on any atom is -0.494 e. The van der Waals surface area contributed by atoms with Crippen LogP contribution >= 0.6 is 15.9 Å². The molecule has 4 rings (SSSR count). The Labute approximate surface area is 166 Å². The molecule has 1 fully saturated rings. The van der Waals surface area contributed by atoms with E-state index in [4.69, 9.17) is 14.2 Å². The van der Waals surface area contributed by atoms with Crippen molar-refractivity contribution in [2.75, 3.05) is 18.6 Å². The number of anilines is 1. The van der Waals surface area contributed by atoms with E-state index in [9.17, 15) is 4.79 Å². The summed E-state index contributed by atoms with van der Waals surface area (Å²) >= 11 is 3.50. The molecule has 2 aromatic rings. The maximum atomic E-state index is 12.9. The maximum Gasteiger partial charge on any atom is 0.325 e. The minimum atomic E-state index is -0.825. The van der Waals surface area contributed by atoms with E-state index >= 15 is 0 Å². The number of methoxy groups -OCH3 is 1. The van der Waals surface area contributed by atoms with Crippen molar-refractivity contribution in [3.63, 3.8) is 0 Å². The van der Waals surface area contributed by atoms with Gasteiger partial charge in [-0.05, 0) is 50.2 Å². The van der Waals surface area contributed by atoms with Gasteiger partial charge in [-0.15, -0.1) is 0 Å². The first kappa shape index (κ1) is 18.0. The SMILES string of the molecule is CCOc1ccc(N2C(=O)N[C@@H]3C[C@]2(C)Oc2c(OC)cc(Br)cc23)cc1. The monoisotopic (exact) mass is 432 g/mol. The summed E-state index contributed by atoms with van der Waals surface area (Å²) in [5, 5.41) is 3.10. The molecule has 2 aromatic carbocycles. The molecule has 2 heterocycles. The van der Waals surface area contributed by atoms with Crippen LogP contribution < -0.4 is 24.4 Å². The molecule has 0 aromatic heterocycles. The van der Waals surface area contributed by atoms with Crippen LogP contribution in [0.2, 0.25) is 0 Å². The van der Waals surface area contributed by atoms with Crippen molar-refractivity contribution in [2.45, 2.75) is 32.0 Å². The van der Waals surface area contributed by atoms with E-state index in [1.54, 1.807) is 12.0 Å². The lowest BCUT2D eigenvalue weighted by atomic mass is 9.90. The molecule has 2 amide bonds. The maximum absolute atomic E-state index is 12.9. The van der Waals surface area contributed by atoms with E-state index in [2.05, 4.69) is 21.2 Å². The number of urea groups is 1. The average molecular weight is 433 g/mol. The molecular weight excluding hydrogens is 412 g/mol. The van der Waals surface area contributed by atoms with E-state index in [0.29, 0.717) is 24.5 Å². The van der Waals surface area contributed by atoms with Gasteiger partial charge >= 0.3 is 6.03 Å². The van der Waals surface area contributed by atoms with Crippen molar-refractivity contribution in [3.8, 4) is 17.2 Å². The van der Waals surface area contributed by atoms with Crippen LogP contribution in [0.15, 0.2) is 40.9 Å². The smallest absolute Gasteiger partial charge is 0.325 e. The van der Waals surface area contributed by atoms with Crippen LogP contribution in [-0.4, -0.2) is 25.5 Å². The highest BCUT2D eigenvalue weighted by Gasteiger charge is 2.50. The van der Waals surface area contributed by atoms with Gasteiger partial charge in [0.25, 0.3) is 0 Å². The molecule has 0 spiro atoms. The van der Waals surface area contributed by atoms with Gasteiger partial charge in [-0.25, -0.2) is 4.79 Å². The molecule has 0 unspecified atom stereocenters. The second kappa shape index (κ2) is 6.64. The number of carbonyl (C=O) groups excluding carboxylic acids is 1. The summed E-state index contributed by atoms with van der Waals surface area (Å²) in [6.07, 6.45) is 0.624. The van der Waals surface area contributed by atoms with E-state index in [0.717, 1.165) is 21.5 Å². The van der Waals surface area contributed by atoms with Crippen molar-refractivity contribution >= 4 is 27.6 Å². The van der Waals surface area contributed by atoms with Crippen LogP contribution in [0.25, 0.3) is 0 Å². The van der Waals surface area contributed by atoms with Crippen LogP contribution in [0, 0.1) is 0 Å². The lowest BCUT2D eigenvalue weighted by Gasteiger charge is -2.50. The van der Waals surface area contributed by atoms with Crippen molar-refractivity contribution in [2.24, 2.45) is 0 Å². The highest BCUT2D eigenvalue weighted by Crippen LogP contribution is 2.50. The number of nitrogens with one attached hydrogen (secondary N) is 1. The third kappa shape index (κ3) is 3.00. The molecule has 1 N–H and O–H groups in total. The fourth-order valence-corrected chi connectivity index (χ4v) is 4.26. The molecule has 1 saturated heterocycles. The molecule has 0 radical (unpaired) electrons. The fraction of sp³-hybridized carbons (Fsp3) is 0.350. The standard InChI is InChI=1S/C20H21BrN2O4/c1-4-26-14-7-5-13(6-8-14)23-19(24)22-16-11-20(23,2)27-18-15(16)9-12(21)10-17(18)25-3/h5-10,16H,4,11H2,1-3H3,(H,22,24)/t16-,20+/m1/s1. The molecule has 27 heavy (non-hydrogen) atoms. The van der Waals surface area contributed by atoms with Crippen LogP contribution in [0.5, 0.6) is 17.2 Å². The number of fused-ring (bicyclic) bond motifs is 4. The topological polar surface area (TPSA) is 60.0 Å². The lowest BCUT2D eigenvalue weighted by molar-refractivity contribution is 0.0349. The lowest BCUT2D eigenvalue weighted by Crippen LogP contribution is -2.65. The molecule has 2 aliphatic heterocycles. The quantitative estimate of drug-likeness (QED) is 0.764. The van der Waals surface area contributed by atoms with Gasteiger partial charge in [0.1, 0.15) is 5.75 Å². The zero-order valence-electron chi connectivity index (χ0n) is 15.4. The zero-order valence-corrected chi connectivity index (χ0v) is 17.0. The van der Waals surface area contributed by atoms with Crippen LogP contribution in [0.1, 0.15) is 31.9 Å². The molecule has 2 atom stereocenters. The number of ether oxygens (including phenoxy) is 3. The molecule has 2 aliphatic rings. The van der Waals surface area contributed by atoms with E-state index in [-0.39, 0.29) is 12.1 Å². The molecule has 142 valence electrons. The Morgan fingerprint density at radius 3 is 2.74 bits per heavy atom. The van der Waals surface area contributed by atoms with Crippen molar-refractivity contribution in [1.29, 1.82) is 0 Å². The van der Waals surface area contributed by atoms with Gasteiger partial charge < -0.3 is 19.5 Å². The summed E-state index contributed by atoms with van der Waals surface area (Å²) in [6.45, 7) is 4.46. The highest BCUT2D eigenvalue weighted by molar-refractivity contribution is 9.10. The van der Waals surface area contributed by atoms with E-state index in [1.165, 1.54) is 0 Å². The summed E-state index contributed by atoms with van der Waals surface area (Å²) < 4.78 is 18.3. The first-order valence-electron chi connectivity index (χ1n) is 8.85. The Morgan fingerprint density at radius 2 is 2.07 bits per heavy atom. The second-order valence-corrected chi connectivity index (χ2v) is 7.69. The number of halogens is 1. The van der Waals surface area contributed by atoms with Crippen molar-refractivity contribution < 1.29 is 19.0 Å². The van der Waals surface area contributed by atoms with Gasteiger partial charge in [0.05, 0.1) is 19.8 Å². The number of amides is 2. The normalized spacial score (nSPS) is 23.2. The van der Waals surface area contributed by atoms with Crippen LogP contribution in [0.4, 0.5) is 10.5 Å². The highest BCUT2D eigenvalue weighted by atomic mass is 79.9. The summed E-state index contributed by atoms with van der Waals surface area (Å²) in [5.41, 5.74) is 0.837. The number of benzene rings is 2. The van der Waals surface area contributed by atoms with Crippen molar-refractivity contribution in [3.05, 3.63) is 46.4 Å². The van der Waals surface area contributed by atoms with Crippen molar-refractivity contribution in [1.82, 2.24) is 5.32 Å². The van der Waals surface area contributed by atoms with Crippen LogP contribution in [-0.2, 0) is 0 Å². The molecule has 6 nitrogen and oxygen atoms in total. The Balaban J connectivity index is 1.75. The van der Waals surface area contributed by atoms with Gasteiger partial charge in [-0.2, -0.15) is 0 Å². The summed E-state index contributed by atoms with van der Waals surface area (Å²) in [7, 11) is 1.61. The summed E-state index contributed by atoms with van der Waals surface area (Å²) in [6, 6.07) is 11.0. The molecule has 0 aliphatic carbocycles. The van der Waals surface area contributed by atoms with Gasteiger partial charge in [0.15, 0.2) is 17.2 Å². The second-order valence-electron chi connectivity index (χ2n) is 6.77. The van der Waals surface area contributed by atoms with E-state index < -0.39 is 5.72 Å². The first-order chi connectivity index (χ1) is 12.9. The summed E-state index contributed by atoms with van der Waals surface area (Å²) in [4.78, 5) is 14.6. The average Bonchev–Trinajstić information content (AvgIpc) is 2.63. The summed E-state index contributed by atoms with van der Waals surface area (Å²) in [5.74, 6) is 2.07. The number of rotatable bonds is 4. The van der Waals surface area contributed by atoms with Gasteiger partial charge in [-0.1, -0.05) is 15.9 Å². The number of nitrogens with zero attached hydrogens (tertiary/aromatic N) is 1. The Kier molecular flexibility index (Phi) is 4.42. The Morgan fingerprint density at radius 1 is 1.33 bits per heavy atom. The van der Waals surface area contributed by atoms with Gasteiger partial charge in [0.2, 0.25) is 0 Å². The Bertz CT molecular complexity index is 886. The third-order valence-electron chi connectivity index (χ3n) is 4.93. The zero-order chi connectivity index (χ0) is 19.2. The molecule has 2 bridgehead atoms. The largest absolute Gasteiger partial charge is 0.494 e. The molecule has 7 heteroatoms. The molecule has 0 saturated carbocycles. The van der Waals surface area contributed by atoms with Crippen LogP contribution in [0.3, 0.4) is 0 Å². The predicted octanol–water partition coefficient (Wildman–Crippen LogP) is 4.63. The number of hydrogen-bond donors (Lipinski definition) is 1. The fourth-order valence-electron chi connectivity index (χ4n) is 3.80. The third-order valence-corrected chi connectivity index (χ3v) is 5.39. The number of hydrogen-bond acceptors (Lipinski definition) is 4. The first-order valence-corrected chi connectivity index (χ1v) is 9.64. The number of carbonyl (C=O) groups is 1. The predicted molar refractivity (Wildman–Crippen MR) is 106 cm³/mol. The molecular formula is C20H21BrN2O4. The van der Waals surface area contributed by atoms with Gasteiger partial charge in [-0.3, -0.25) is 4.90 Å². The Hall–Kier alpha value is -2.41. The minimum absolute atomic E-state index is 0.142. The van der Waals surface area contributed by atoms with E-state index in [1.807, 2.05) is 50.2 Å².